The molecule has 2 heterocycles. The summed E-state index contributed by atoms with van der Waals surface area (Å²) in [5.41, 5.74) is 1.92. The number of nitrogens with zero attached hydrogens (tertiary/aromatic N) is 3. The number of hydrazone groups is 1. The predicted molar refractivity (Wildman–Crippen MR) is 136 cm³/mol. The van der Waals surface area contributed by atoms with Gasteiger partial charge in [-0.3, -0.25) is 9.78 Å². The molecule has 1 aliphatic heterocycles. The molecule has 1 atom stereocenters. The zero-order valence-electron chi connectivity index (χ0n) is 20.4. The summed E-state index contributed by atoms with van der Waals surface area (Å²) in [6.07, 6.45) is 5.35. The number of methoxy groups -OCH3 is 2. The number of amides is 2. The molecule has 2 amide bonds. The molecule has 0 aliphatic carbocycles. The van der Waals surface area contributed by atoms with Gasteiger partial charge < -0.3 is 19.5 Å². The van der Waals surface area contributed by atoms with E-state index in [9.17, 15) is 9.59 Å². The smallest absolute Gasteiger partial charge is 0.431 e. The Bertz CT molecular complexity index is 1250. The minimum Gasteiger partial charge on any atom is -0.493 e. The van der Waals surface area contributed by atoms with Crippen LogP contribution in [0, 0.1) is 0 Å². The highest BCUT2D eigenvalue weighted by Crippen LogP contribution is 2.37. The number of carbonyl (C=O) groups is 2. The van der Waals surface area contributed by atoms with Gasteiger partial charge in [-0.2, -0.15) is 10.1 Å². The molecular weight excluding hydrogens is 460 g/mol. The van der Waals surface area contributed by atoms with E-state index in [0.29, 0.717) is 42.1 Å². The summed E-state index contributed by atoms with van der Waals surface area (Å²) in [6.45, 7) is 2.28. The van der Waals surface area contributed by atoms with Crippen molar-refractivity contribution in [3.8, 4) is 11.5 Å². The fraction of sp³-hybridized carbons (Fsp3) is 0.259. The maximum atomic E-state index is 12.8. The summed E-state index contributed by atoms with van der Waals surface area (Å²) >= 11 is 0. The van der Waals surface area contributed by atoms with E-state index in [2.05, 4.69) is 15.4 Å². The highest BCUT2D eigenvalue weighted by Gasteiger charge is 2.39. The van der Waals surface area contributed by atoms with Crippen molar-refractivity contribution in [2.24, 2.45) is 5.10 Å². The van der Waals surface area contributed by atoms with Crippen LogP contribution in [-0.4, -0.2) is 49.0 Å². The molecule has 36 heavy (non-hydrogen) atoms. The number of ether oxygens (including phenoxy) is 3. The van der Waals surface area contributed by atoms with Gasteiger partial charge in [0.1, 0.15) is 0 Å². The fourth-order valence-corrected chi connectivity index (χ4v) is 3.88. The van der Waals surface area contributed by atoms with Crippen LogP contribution in [0.15, 0.2) is 72.1 Å². The van der Waals surface area contributed by atoms with Gasteiger partial charge in [-0.05, 0) is 54.8 Å². The van der Waals surface area contributed by atoms with E-state index in [4.69, 9.17) is 14.2 Å². The quantitative estimate of drug-likeness (QED) is 0.471. The molecule has 1 N–H and O–H groups in total. The summed E-state index contributed by atoms with van der Waals surface area (Å²) in [6, 6.07) is 16.3. The Morgan fingerprint density at radius 1 is 1.08 bits per heavy atom. The van der Waals surface area contributed by atoms with Crippen molar-refractivity contribution in [1.29, 1.82) is 0 Å². The topological polar surface area (TPSA) is 102 Å². The normalized spacial score (nSPS) is 16.9. The van der Waals surface area contributed by atoms with E-state index in [0.717, 1.165) is 11.1 Å². The molecule has 0 saturated heterocycles. The third-order valence-electron chi connectivity index (χ3n) is 6.03. The molecule has 9 nitrogen and oxygen atoms in total. The lowest BCUT2D eigenvalue weighted by molar-refractivity contribution is 0.0179. The first-order valence-electron chi connectivity index (χ1n) is 11.6. The second-order valence-corrected chi connectivity index (χ2v) is 8.19. The molecule has 4 rings (SSSR count). The molecule has 3 aromatic rings. The number of rotatable bonds is 9. The molecule has 0 saturated carbocycles. The summed E-state index contributed by atoms with van der Waals surface area (Å²) in [7, 11) is 3.13. The predicted octanol–water partition coefficient (Wildman–Crippen LogP) is 4.64. The minimum atomic E-state index is -0.985. The van der Waals surface area contributed by atoms with Crippen molar-refractivity contribution in [3.05, 3.63) is 83.7 Å². The van der Waals surface area contributed by atoms with Gasteiger partial charge in [0.15, 0.2) is 17.1 Å². The van der Waals surface area contributed by atoms with Gasteiger partial charge in [-0.15, -0.1) is 0 Å². The molecule has 9 heteroatoms. The van der Waals surface area contributed by atoms with Crippen molar-refractivity contribution in [3.63, 3.8) is 0 Å². The van der Waals surface area contributed by atoms with Gasteiger partial charge >= 0.3 is 6.09 Å². The Morgan fingerprint density at radius 2 is 1.86 bits per heavy atom. The number of carbonyl (C=O) groups excluding carboxylic acids is 2. The number of aromatic nitrogens is 1. The molecule has 1 aromatic heterocycles. The Morgan fingerprint density at radius 3 is 2.50 bits per heavy atom. The average molecular weight is 489 g/mol. The Balaban J connectivity index is 1.39. The monoisotopic (exact) mass is 488 g/mol. The van der Waals surface area contributed by atoms with Crippen LogP contribution in [0.3, 0.4) is 0 Å². The van der Waals surface area contributed by atoms with Gasteiger partial charge in [-0.1, -0.05) is 25.1 Å². The van der Waals surface area contributed by atoms with Crippen LogP contribution in [0.5, 0.6) is 11.5 Å². The first-order chi connectivity index (χ1) is 17.5. The minimum absolute atomic E-state index is 0.227. The summed E-state index contributed by atoms with van der Waals surface area (Å²) in [5, 5.41) is 8.57. The lowest BCUT2D eigenvalue weighted by Gasteiger charge is -2.35. The van der Waals surface area contributed by atoms with Gasteiger partial charge in [0.05, 0.1) is 32.5 Å². The number of anilines is 1. The van der Waals surface area contributed by atoms with Crippen LogP contribution in [0.2, 0.25) is 0 Å². The first-order valence-corrected chi connectivity index (χ1v) is 11.6. The van der Waals surface area contributed by atoms with E-state index >= 15 is 0 Å². The summed E-state index contributed by atoms with van der Waals surface area (Å²) in [4.78, 5) is 29.1. The second-order valence-electron chi connectivity index (χ2n) is 8.19. The van der Waals surface area contributed by atoms with E-state index < -0.39 is 11.7 Å². The largest absolute Gasteiger partial charge is 0.493 e. The standard InChI is InChI=1S/C27H28N4O5/c1-4-27(21-9-12-23(34-2)24(16-21)35-3)18-29-31(26(33)36-27)15-13-19-7-10-22(11-8-19)30-25(32)20-6-5-14-28-17-20/h5-12,14,16-18H,4,13,15H2,1-3H3,(H,30,32). The molecule has 1 aliphatic rings. The van der Waals surface area contributed by atoms with E-state index in [1.54, 1.807) is 50.9 Å². The zero-order chi connectivity index (χ0) is 25.5. The fourth-order valence-electron chi connectivity index (χ4n) is 3.88. The maximum Gasteiger partial charge on any atom is 0.431 e. The summed E-state index contributed by atoms with van der Waals surface area (Å²) in [5.74, 6) is 0.917. The van der Waals surface area contributed by atoms with E-state index in [1.807, 2.05) is 37.3 Å². The first kappa shape index (κ1) is 24.7. The van der Waals surface area contributed by atoms with Crippen LogP contribution in [0.25, 0.3) is 0 Å². The lowest BCUT2D eigenvalue weighted by Crippen LogP contribution is -2.44. The number of pyridine rings is 1. The molecule has 0 radical (unpaired) electrons. The van der Waals surface area contributed by atoms with Crippen molar-refractivity contribution >= 4 is 23.9 Å². The van der Waals surface area contributed by atoms with Gasteiger partial charge in [0.25, 0.3) is 5.91 Å². The lowest BCUT2D eigenvalue weighted by atomic mass is 9.91. The number of hydrogen-bond acceptors (Lipinski definition) is 7. The van der Waals surface area contributed by atoms with Gasteiger partial charge in [0.2, 0.25) is 0 Å². The Hall–Kier alpha value is -4.40. The van der Waals surface area contributed by atoms with Gasteiger partial charge in [0, 0.05) is 23.6 Å². The van der Waals surface area contributed by atoms with Gasteiger partial charge in [-0.25, -0.2) is 4.79 Å². The third-order valence-corrected chi connectivity index (χ3v) is 6.03. The van der Waals surface area contributed by atoms with Crippen LogP contribution >= 0.6 is 0 Å². The van der Waals surface area contributed by atoms with Crippen LogP contribution in [0.4, 0.5) is 10.5 Å². The van der Waals surface area contributed by atoms with Crippen molar-refractivity contribution in [2.45, 2.75) is 25.4 Å². The van der Waals surface area contributed by atoms with Crippen molar-refractivity contribution in [2.75, 3.05) is 26.1 Å². The second kappa shape index (κ2) is 10.9. The number of cyclic esters (lactones) is 1. The number of benzene rings is 2. The molecule has 1 unspecified atom stereocenters. The van der Waals surface area contributed by atoms with Crippen LogP contribution in [0.1, 0.15) is 34.8 Å². The highest BCUT2D eigenvalue weighted by molar-refractivity contribution is 6.04. The molecule has 2 aromatic carbocycles. The Labute approximate surface area is 209 Å². The number of hydrogen-bond donors (Lipinski definition) is 1. The van der Waals surface area contributed by atoms with Crippen molar-refractivity contribution < 1.29 is 23.8 Å². The van der Waals surface area contributed by atoms with Crippen LogP contribution < -0.4 is 14.8 Å². The van der Waals surface area contributed by atoms with Crippen molar-refractivity contribution in [1.82, 2.24) is 9.99 Å². The average Bonchev–Trinajstić information content (AvgIpc) is 2.93. The molecular formula is C27H28N4O5. The van der Waals surface area contributed by atoms with E-state index in [1.165, 1.54) is 11.2 Å². The molecule has 186 valence electrons. The number of nitrogens with one attached hydrogen (secondary N) is 1. The molecule has 0 fully saturated rings. The maximum absolute atomic E-state index is 12.8. The zero-order valence-corrected chi connectivity index (χ0v) is 20.4. The molecule has 0 bridgehead atoms. The van der Waals surface area contributed by atoms with E-state index in [-0.39, 0.29) is 5.91 Å². The highest BCUT2D eigenvalue weighted by atomic mass is 16.6. The Kier molecular flexibility index (Phi) is 7.48. The SMILES string of the molecule is CCC1(c2ccc(OC)c(OC)c2)C=NN(CCc2ccc(NC(=O)c3cccnc3)cc2)C(=O)O1. The summed E-state index contributed by atoms with van der Waals surface area (Å²) < 4.78 is 16.6. The third kappa shape index (κ3) is 5.30. The van der Waals surface area contributed by atoms with Crippen LogP contribution in [-0.2, 0) is 16.8 Å². The molecule has 0 spiro atoms.